The lowest BCUT2D eigenvalue weighted by Gasteiger charge is -2.23. The highest BCUT2D eigenvalue weighted by Gasteiger charge is 2.29. The molecule has 156 valence electrons. The number of aromatic nitrogens is 1. The second-order valence-electron chi connectivity index (χ2n) is 7.04. The van der Waals surface area contributed by atoms with Crippen LogP contribution in [-0.4, -0.2) is 44.0 Å². The minimum absolute atomic E-state index is 0.0349. The molecule has 0 bridgehead atoms. The average molecular weight is 447 g/mol. The first-order valence-electron chi connectivity index (χ1n) is 9.60. The van der Waals surface area contributed by atoms with Crippen molar-refractivity contribution in [2.75, 3.05) is 32.0 Å². The SMILES string of the molecule is COc1ccc(Cl)c2sc(N(CC3CCCO3)C(=O)c3ccc4c(c3)OCO4)nc12. The van der Waals surface area contributed by atoms with E-state index in [9.17, 15) is 4.79 Å². The summed E-state index contributed by atoms with van der Waals surface area (Å²) in [5.41, 5.74) is 1.13. The Balaban J connectivity index is 1.55. The molecule has 1 saturated heterocycles. The number of anilines is 1. The molecule has 0 radical (unpaired) electrons. The fraction of sp³-hybridized carbons (Fsp3) is 0.333. The molecule has 2 aliphatic rings. The van der Waals surface area contributed by atoms with Gasteiger partial charge in [0.05, 0.1) is 29.5 Å². The van der Waals surface area contributed by atoms with Crippen LogP contribution in [0.2, 0.25) is 5.02 Å². The molecule has 30 heavy (non-hydrogen) atoms. The number of nitrogens with zero attached hydrogens (tertiary/aromatic N) is 2. The van der Waals surface area contributed by atoms with Gasteiger partial charge in [-0.15, -0.1) is 0 Å². The maximum atomic E-state index is 13.5. The summed E-state index contributed by atoms with van der Waals surface area (Å²) < 4.78 is 22.8. The smallest absolute Gasteiger partial charge is 0.260 e. The minimum Gasteiger partial charge on any atom is -0.494 e. The zero-order valence-corrected chi connectivity index (χ0v) is 17.8. The standard InChI is InChI=1S/C21H19ClN2O5S/c1-26-16-7-5-14(22)19-18(16)23-21(30-19)24(10-13-3-2-8-27-13)20(25)12-4-6-15-17(9-12)29-11-28-15/h4-7,9,13H,2-3,8,10-11H2,1H3. The number of benzene rings is 2. The van der Waals surface area contributed by atoms with Gasteiger partial charge in [-0.3, -0.25) is 9.69 Å². The summed E-state index contributed by atoms with van der Waals surface area (Å²) in [5, 5.41) is 1.12. The summed E-state index contributed by atoms with van der Waals surface area (Å²) in [5.74, 6) is 1.63. The van der Waals surface area contributed by atoms with Gasteiger partial charge >= 0.3 is 0 Å². The molecule has 1 amide bonds. The van der Waals surface area contributed by atoms with Crippen molar-refractivity contribution < 1.29 is 23.7 Å². The molecule has 1 atom stereocenters. The van der Waals surface area contributed by atoms with Crippen molar-refractivity contribution >= 4 is 44.2 Å². The van der Waals surface area contributed by atoms with E-state index in [1.54, 1.807) is 42.3 Å². The largest absolute Gasteiger partial charge is 0.494 e. The molecule has 0 N–H and O–H groups in total. The zero-order valence-electron chi connectivity index (χ0n) is 16.2. The number of ether oxygens (including phenoxy) is 4. The number of hydrogen-bond donors (Lipinski definition) is 0. The number of rotatable bonds is 5. The van der Waals surface area contributed by atoms with Gasteiger partial charge < -0.3 is 18.9 Å². The lowest BCUT2D eigenvalue weighted by Crippen LogP contribution is -2.37. The molecule has 2 aromatic carbocycles. The average Bonchev–Trinajstić information content (AvgIpc) is 3.51. The molecule has 3 aromatic rings. The van der Waals surface area contributed by atoms with Crippen LogP contribution in [0.25, 0.3) is 10.2 Å². The summed E-state index contributed by atoms with van der Waals surface area (Å²) in [7, 11) is 1.59. The van der Waals surface area contributed by atoms with E-state index in [2.05, 4.69) is 0 Å². The number of carbonyl (C=O) groups is 1. The van der Waals surface area contributed by atoms with Crippen molar-refractivity contribution in [2.24, 2.45) is 0 Å². The van der Waals surface area contributed by atoms with E-state index in [1.165, 1.54) is 11.3 Å². The number of amides is 1. The Labute approximate surface area is 182 Å². The molecule has 1 aromatic heterocycles. The molecule has 5 rings (SSSR count). The highest BCUT2D eigenvalue weighted by atomic mass is 35.5. The highest BCUT2D eigenvalue weighted by Crippen LogP contribution is 2.40. The van der Waals surface area contributed by atoms with Crippen molar-refractivity contribution in [3.8, 4) is 17.2 Å². The number of carbonyl (C=O) groups excluding carboxylic acids is 1. The molecule has 2 aliphatic heterocycles. The monoisotopic (exact) mass is 446 g/mol. The zero-order chi connectivity index (χ0) is 20.7. The molecule has 3 heterocycles. The first-order valence-corrected chi connectivity index (χ1v) is 10.8. The van der Waals surface area contributed by atoms with E-state index in [0.29, 0.717) is 51.6 Å². The van der Waals surface area contributed by atoms with Gasteiger partial charge in [0.15, 0.2) is 16.6 Å². The van der Waals surface area contributed by atoms with Crippen LogP contribution in [0.3, 0.4) is 0 Å². The van der Waals surface area contributed by atoms with E-state index in [4.69, 9.17) is 35.5 Å². The Morgan fingerprint density at radius 3 is 2.97 bits per heavy atom. The van der Waals surface area contributed by atoms with Crippen LogP contribution in [0, 0.1) is 0 Å². The number of hydrogen-bond acceptors (Lipinski definition) is 7. The molecule has 0 aliphatic carbocycles. The molecular formula is C21H19ClN2O5S. The first kappa shape index (κ1) is 19.4. The van der Waals surface area contributed by atoms with Crippen LogP contribution < -0.4 is 19.1 Å². The van der Waals surface area contributed by atoms with E-state index >= 15 is 0 Å². The van der Waals surface area contributed by atoms with Gasteiger partial charge in [0.25, 0.3) is 5.91 Å². The Bertz CT molecular complexity index is 1110. The molecule has 1 fully saturated rings. The molecular weight excluding hydrogens is 428 g/mol. The summed E-state index contributed by atoms with van der Waals surface area (Å²) in [6.45, 7) is 1.27. The van der Waals surface area contributed by atoms with Crippen LogP contribution in [-0.2, 0) is 4.74 Å². The van der Waals surface area contributed by atoms with Crippen LogP contribution in [0.5, 0.6) is 17.2 Å². The van der Waals surface area contributed by atoms with Crippen molar-refractivity contribution in [1.82, 2.24) is 4.98 Å². The lowest BCUT2D eigenvalue weighted by molar-refractivity contribution is 0.0917. The Hall–Kier alpha value is -2.55. The van der Waals surface area contributed by atoms with E-state index < -0.39 is 0 Å². The van der Waals surface area contributed by atoms with Gasteiger partial charge in [-0.25, -0.2) is 4.98 Å². The molecule has 9 heteroatoms. The predicted molar refractivity (Wildman–Crippen MR) is 114 cm³/mol. The van der Waals surface area contributed by atoms with Crippen LogP contribution in [0.1, 0.15) is 23.2 Å². The molecule has 0 spiro atoms. The van der Waals surface area contributed by atoms with Crippen LogP contribution >= 0.6 is 22.9 Å². The summed E-state index contributed by atoms with van der Waals surface area (Å²) in [4.78, 5) is 19.9. The third-order valence-electron chi connectivity index (χ3n) is 5.17. The summed E-state index contributed by atoms with van der Waals surface area (Å²) in [6.07, 6.45) is 1.85. The van der Waals surface area contributed by atoms with E-state index in [-0.39, 0.29) is 18.8 Å². The van der Waals surface area contributed by atoms with Crippen LogP contribution in [0.4, 0.5) is 5.13 Å². The Morgan fingerprint density at radius 2 is 2.17 bits per heavy atom. The first-order chi connectivity index (χ1) is 14.6. The van der Waals surface area contributed by atoms with Gasteiger partial charge in [0.1, 0.15) is 11.3 Å². The molecule has 7 nitrogen and oxygen atoms in total. The van der Waals surface area contributed by atoms with E-state index in [0.717, 1.165) is 17.5 Å². The fourth-order valence-corrected chi connectivity index (χ4v) is 4.91. The van der Waals surface area contributed by atoms with Gasteiger partial charge in [0.2, 0.25) is 6.79 Å². The summed E-state index contributed by atoms with van der Waals surface area (Å²) in [6, 6.07) is 8.73. The number of thiazole rings is 1. The number of halogens is 1. The maximum absolute atomic E-state index is 13.5. The predicted octanol–water partition coefficient (Wildman–Crippen LogP) is 4.51. The second-order valence-corrected chi connectivity index (χ2v) is 8.43. The Kier molecular flexibility index (Phi) is 5.14. The number of fused-ring (bicyclic) bond motifs is 2. The van der Waals surface area contributed by atoms with Gasteiger partial charge in [-0.05, 0) is 43.2 Å². The van der Waals surface area contributed by atoms with Gasteiger partial charge in [-0.1, -0.05) is 22.9 Å². The molecule has 0 saturated carbocycles. The lowest BCUT2D eigenvalue weighted by atomic mass is 10.1. The Morgan fingerprint density at radius 1 is 1.30 bits per heavy atom. The topological polar surface area (TPSA) is 70.1 Å². The van der Waals surface area contributed by atoms with Crippen molar-refractivity contribution in [3.05, 3.63) is 40.9 Å². The third-order valence-corrected chi connectivity index (χ3v) is 6.71. The van der Waals surface area contributed by atoms with Gasteiger partial charge in [0, 0.05) is 12.2 Å². The summed E-state index contributed by atoms with van der Waals surface area (Å²) >= 11 is 7.76. The fourth-order valence-electron chi connectivity index (χ4n) is 3.65. The van der Waals surface area contributed by atoms with Gasteiger partial charge in [-0.2, -0.15) is 0 Å². The third kappa shape index (κ3) is 3.45. The van der Waals surface area contributed by atoms with Crippen molar-refractivity contribution in [3.63, 3.8) is 0 Å². The quantitative estimate of drug-likeness (QED) is 0.574. The van der Waals surface area contributed by atoms with Crippen LogP contribution in [0.15, 0.2) is 30.3 Å². The number of methoxy groups -OCH3 is 1. The van der Waals surface area contributed by atoms with Crippen molar-refractivity contribution in [2.45, 2.75) is 18.9 Å². The maximum Gasteiger partial charge on any atom is 0.260 e. The minimum atomic E-state index is -0.182. The molecule has 1 unspecified atom stereocenters. The normalized spacial score (nSPS) is 17.5. The van der Waals surface area contributed by atoms with Crippen molar-refractivity contribution in [1.29, 1.82) is 0 Å². The van der Waals surface area contributed by atoms with E-state index in [1.807, 2.05) is 0 Å². The second kappa shape index (κ2) is 7.94. The highest BCUT2D eigenvalue weighted by molar-refractivity contribution is 7.23.